The summed E-state index contributed by atoms with van der Waals surface area (Å²) in [6, 6.07) is 4.07. The van der Waals surface area contributed by atoms with Gasteiger partial charge in [0.15, 0.2) is 0 Å². The van der Waals surface area contributed by atoms with Gasteiger partial charge >= 0.3 is 0 Å². The van der Waals surface area contributed by atoms with E-state index in [2.05, 4.69) is 11.8 Å². The van der Waals surface area contributed by atoms with Crippen molar-refractivity contribution < 1.29 is 9.18 Å². The van der Waals surface area contributed by atoms with Crippen molar-refractivity contribution >= 4 is 17.4 Å². The van der Waals surface area contributed by atoms with E-state index in [1.165, 1.54) is 12.1 Å². The quantitative estimate of drug-likeness (QED) is 0.735. The molecule has 1 aromatic rings. The normalized spacial score (nSPS) is 9.44. The van der Waals surface area contributed by atoms with Crippen molar-refractivity contribution in [2.75, 3.05) is 0 Å². The lowest BCUT2D eigenvalue weighted by Crippen LogP contribution is -2.02. The number of ketones is 1. The molecule has 0 amide bonds. The van der Waals surface area contributed by atoms with E-state index < -0.39 is 5.82 Å². The van der Waals surface area contributed by atoms with Crippen molar-refractivity contribution in [3.05, 3.63) is 34.6 Å². The molecule has 1 rings (SSSR count). The summed E-state index contributed by atoms with van der Waals surface area (Å²) in [4.78, 5) is 11.5. The Morgan fingerprint density at radius 1 is 1.50 bits per heavy atom. The summed E-state index contributed by atoms with van der Waals surface area (Å²) in [6.45, 7) is 1.74. The molecule has 0 saturated heterocycles. The number of Topliss-reactive ketones (excluding diaryl/α,β-unsaturated/α-hetero) is 1. The van der Waals surface area contributed by atoms with Crippen molar-refractivity contribution in [2.24, 2.45) is 0 Å². The molecule has 0 aliphatic carbocycles. The van der Waals surface area contributed by atoms with Gasteiger partial charge in [0, 0.05) is 24.3 Å². The van der Waals surface area contributed by atoms with Gasteiger partial charge in [-0.05, 0) is 24.6 Å². The van der Waals surface area contributed by atoms with Crippen LogP contribution in [0.25, 0.3) is 0 Å². The first kappa shape index (κ1) is 12.7. The summed E-state index contributed by atoms with van der Waals surface area (Å²) in [5.74, 6) is 5.23. The van der Waals surface area contributed by atoms with Gasteiger partial charge in [-0.2, -0.15) is 0 Å². The average molecular weight is 239 g/mol. The monoisotopic (exact) mass is 238 g/mol. The fourth-order valence-corrected chi connectivity index (χ4v) is 1.53. The molecule has 0 fully saturated rings. The van der Waals surface area contributed by atoms with E-state index in [1.54, 1.807) is 13.0 Å². The molecule has 0 atom stereocenters. The molecule has 0 heterocycles. The standard InChI is InChI=1S/C13H12ClFO/c1-2-3-4-5-12(16)8-10-6-7-11(15)9-13(10)14/h6-7,9H,4-5,8H2,1H3. The Labute approximate surface area is 99.6 Å². The maximum atomic E-state index is 12.7. The second kappa shape index (κ2) is 6.30. The molecule has 1 nitrogen and oxygen atoms in total. The number of carbonyl (C=O) groups excluding carboxylic acids is 1. The zero-order valence-corrected chi connectivity index (χ0v) is 9.77. The lowest BCUT2D eigenvalue weighted by Gasteiger charge is -2.02. The number of halogens is 2. The Kier molecular flexibility index (Phi) is 5.01. The van der Waals surface area contributed by atoms with Gasteiger partial charge in [-0.15, -0.1) is 11.8 Å². The predicted molar refractivity (Wildman–Crippen MR) is 62.8 cm³/mol. The highest BCUT2D eigenvalue weighted by Gasteiger charge is 2.07. The third-order valence-corrected chi connectivity index (χ3v) is 2.46. The molecule has 0 N–H and O–H groups in total. The predicted octanol–water partition coefficient (Wildman–Crippen LogP) is 3.39. The molecule has 84 valence electrons. The lowest BCUT2D eigenvalue weighted by molar-refractivity contribution is -0.118. The molecule has 0 saturated carbocycles. The van der Waals surface area contributed by atoms with Gasteiger partial charge in [0.25, 0.3) is 0 Å². The second-order valence-corrected chi connectivity index (χ2v) is 3.79. The number of hydrogen-bond acceptors (Lipinski definition) is 1. The summed E-state index contributed by atoms with van der Waals surface area (Å²) in [7, 11) is 0. The SMILES string of the molecule is CC#CCCC(=O)Cc1ccc(F)cc1Cl. The summed E-state index contributed by atoms with van der Waals surface area (Å²) in [5.41, 5.74) is 0.664. The maximum Gasteiger partial charge on any atom is 0.138 e. The molecule has 0 bridgehead atoms. The Morgan fingerprint density at radius 3 is 2.88 bits per heavy atom. The van der Waals surface area contributed by atoms with Crippen molar-refractivity contribution in [2.45, 2.75) is 26.2 Å². The smallest absolute Gasteiger partial charge is 0.138 e. The van der Waals surface area contributed by atoms with E-state index in [9.17, 15) is 9.18 Å². The van der Waals surface area contributed by atoms with Crippen LogP contribution in [0.2, 0.25) is 5.02 Å². The first-order valence-electron chi connectivity index (χ1n) is 4.98. The van der Waals surface area contributed by atoms with Crippen LogP contribution in [0.15, 0.2) is 18.2 Å². The summed E-state index contributed by atoms with van der Waals surface area (Å²) >= 11 is 5.81. The minimum atomic E-state index is -0.391. The van der Waals surface area contributed by atoms with E-state index in [1.807, 2.05) is 0 Å². The van der Waals surface area contributed by atoms with Crippen molar-refractivity contribution in [3.63, 3.8) is 0 Å². The fourth-order valence-electron chi connectivity index (χ4n) is 1.29. The number of hydrogen-bond donors (Lipinski definition) is 0. The van der Waals surface area contributed by atoms with Crippen LogP contribution >= 0.6 is 11.6 Å². The van der Waals surface area contributed by atoms with Gasteiger partial charge in [0.05, 0.1) is 0 Å². The number of benzene rings is 1. The topological polar surface area (TPSA) is 17.1 Å². The third-order valence-electron chi connectivity index (χ3n) is 2.11. The first-order chi connectivity index (χ1) is 7.63. The van der Waals surface area contributed by atoms with Gasteiger partial charge in [-0.3, -0.25) is 4.79 Å². The Hall–Kier alpha value is -1.33. The van der Waals surface area contributed by atoms with Gasteiger partial charge in [0.2, 0.25) is 0 Å². The summed E-state index contributed by atoms with van der Waals surface area (Å²) in [5, 5.41) is 0.301. The zero-order chi connectivity index (χ0) is 12.0. The van der Waals surface area contributed by atoms with E-state index in [4.69, 9.17) is 11.6 Å². The van der Waals surface area contributed by atoms with Crippen LogP contribution in [-0.4, -0.2) is 5.78 Å². The maximum absolute atomic E-state index is 12.7. The number of rotatable bonds is 4. The lowest BCUT2D eigenvalue weighted by atomic mass is 10.1. The fraction of sp³-hybridized carbons (Fsp3) is 0.308. The van der Waals surface area contributed by atoms with Crippen LogP contribution in [0, 0.1) is 17.7 Å². The van der Waals surface area contributed by atoms with Crippen LogP contribution in [0.4, 0.5) is 4.39 Å². The average Bonchev–Trinajstić information content (AvgIpc) is 2.23. The van der Waals surface area contributed by atoms with Gasteiger partial charge in [0.1, 0.15) is 11.6 Å². The Morgan fingerprint density at radius 2 is 2.25 bits per heavy atom. The van der Waals surface area contributed by atoms with Crippen molar-refractivity contribution in [3.8, 4) is 11.8 Å². The van der Waals surface area contributed by atoms with Crippen LogP contribution in [-0.2, 0) is 11.2 Å². The van der Waals surface area contributed by atoms with Crippen molar-refractivity contribution in [1.29, 1.82) is 0 Å². The van der Waals surface area contributed by atoms with Crippen molar-refractivity contribution in [1.82, 2.24) is 0 Å². The molecule has 3 heteroatoms. The third kappa shape index (κ3) is 4.04. The molecule has 0 aromatic heterocycles. The van der Waals surface area contributed by atoms with Crippen LogP contribution in [0.1, 0.15) is 25.3 Å². The van der Waals surface area contributed by atoms with Gasteiger partial charge in [-0.1, -0.05) is 17.7 Å². The second-order valence-electron chi connectivity index (χ2n) is 3.38. The Bertz CT molecular complexity index is 443. The van der Waals surface area contributed by atoms with E-state index in [0.29, 0.717) is 23.4 Å². The van der Waals surface area contributed by atoms with E-state index in [0.717, 1.165) is 0 Å². The molecule has 0 aliphatic heterocycles. The van der Waals surface area contributed by atoms with Crippen LogP contribution in [0.3, 0.4) is 0 Å². The Balaban J connectivity index is 2.58. The molecule has 1 aromatic carbocycles. The summed E-state index contributed by atoms with van der Waals surface area (Å²) < 4.78 is 12.7. The number of carbonyl (C=O) groups is 1. The largest absolute Gasteiger partial charge is 0.299 e. The van der Waals surface area contributed by atoms with Crippen LogP contribution < -0.4 is 0 Å². The zero-order valence-electron chi connectivity index (χ0n) is 9.02. The highest BCUT2D eigenvalue weighted by atomic mass is 35.5. The first-order valence-corrected chi connectivity index (χ1v) is 5.36. The van der Waals surface area contributed by atoms with E-state index in [-0.39, 0.29) is 12.2 Å². The van der Waals surface area contributed by atoms with E-state index >= 15 is 0 Å². The molecule has 0 spiro atoms. The molecule has 0 aliphatic rings. The molecule has 0 unspecified atom stereocenters. The van der Waals surface area contributed by atoms with Gasteiger partial charge < -0.3 is 0 Å². The molecule has 16 heavy (non-hydrogen) atoms. The molecular formula is C13H12ClFO. The molecular weight excluding hydrogens is 227 g/mol. The summed E-state index contributed by atoms with van der Waals surface area (Å²) in [6.07, 6.45) is 1.22. The molecule has 0 radical (unpaired) electrons. The van der Waals surface area contributed by atoms with Gasteiger partial charge in [-0.25, -0.2) is 4.39 Å². The highest BCUT2D eigenvalue weighted by Crippen LogP contribution is 2.18. The highest BCUT2D eigenvalue weighted by molar-refractivity contribution is 6.31. The van der Waals surface area contributed by atoms with Crippen LogP contribution in [0.5, 0.6) is 0 Å². The minimum absolute atomic E-state index is 0.0660. The minimum Gasteiger partial charge on any atom is -0.299 e.